The predicted octanol–water partition coefficient (Wildman–Crippen LogP) is 3.87. The molecule has 0 fully saturated rings. The number of carboxylic acids is 1. The third kappa shape index (κ3) is 3.16. The maximum absolute atomic E-state index is 11.4. The van der Waals surface area contributed by atoms with Crippen LogP contribution >= 0.6 is 0 Å². The van der Waals surface area contributed by atoms with Gasteiger partial charge in [-0.25, -0.2) is 4.79 Å². The standard InChI is InChI=1S/C19H21NO3/c1-13-8-9-16-17(10-13)23-19(2,3)12-20(16)11-14-6-4-5-7-15(14)18(21)22/h4-10H,11-12H2,1-3H3,(H,21,22). The summed E-state index contributed by atoms with van der Waals surface area (Å²) < 4.78 is 6.09. The second kappa shape index (κ2) is 5.61. The van der Waals surface area contributed by atoms with Gasteiger partial charge in [0.15, 0.2) is 0 Å². The molecular formula is C19H21NO3. The molecule has 0 amide bonds. The van der Waals surface area contributed by atoms with Gasteiger partial charge in [0, 0.05) is 6.54 Å². The lowest BCUT2D eigenvalue weighted by molar-refractivity contribution is 0.0695. The van der Waals surface area contributed by atoms with Crippen molar-refractivity contribution in [2.75, 3.05) is 11.4 Å². The Morgan fingerprint density at radius 1 is 1.26 bits per heavy atom. The van der Waals surface area contributed by atoms with Crippen LogP contribution in [0.2, 0.25) is 0 Å². The molecule has 0 spiro atoms. The van der Waals surface area contributed by atoms with E-state index in [1.807, 2.05) is 45.0 Å². The monoisotopic (exact) mass is 311 g/mol. The number of hydrogen-bond acceptors (Lipinski definition) is 3. The second-order valence-electron chi connectivity index (χ2n) is 6.65. The van der Waals surface area contributed by atoms with Gasteiger partial charge < -0.3 is 14.7 Å². The van der Waals surface area contributed by atoms with Crippen molar-refractivity contribution in [3.05, 3.63) is 59.2 Å². The number of benzene rings is 2. The van der Waals surface area contributed by atoms with E-state index in [-0.39, 0.29) is 5.60 Å². The van der Waals surface area contributed by atoms with E-state index in [0.29, 0.717) is 18.7 Å². The van der Waals surface area contributed by atoms with E-state index < -0.39 is 5.97 Å². The molecule has 4 nitrogen and oxygen atoms in total. The maximum Gasteiger partial charge on any atom is 0.336 e. The highest BCUT2D eigenvalue weighted by atomic mass is 16.5. The second-order valence-corrected chi connectivity index (χ2v) is 6.65. The third-order valence-corrected chi connectivity index (χ3v) is 4.02. The summed E-state index contributed by atoms with van der Waals surface area (Å²) >= 11 is 0. The van der Waals surface area contributed by atoms with Crippen molar-refractivity contribution in [2.45, 2.75) is 32.9 Å². The van der Waals surface area contributed by atoms with Crippen LogP contribution in [-0.2, 0) is 6.54 Å². The minimum atomic E-state index is -0.891. The Hall–Kier alpha value is -2.49. The number of fused-ring (bicyclic) bond motifs is 1. The summed E-state index contributed by atoms with van der Waals surface area (Å²) in [7, 11) is 0. The molecule has 0 unspecified atom stereocenters. The molecule has 0 aliphatic carbocycles. The number of carbonyl (C=O) groups is 1. The highest BCUT2D eigenvalue weighted by Gasteiger charge is 2.32. The first-order valence-corrected chi connectivity index (χ1v) is 7.71. The molecule has 3 rings (SSSR count). The summed E-state index contributed by atoms with van der Waals surface area (Å²) in [4.78, 5) is 13.6. The highest BCUT2D eigenvalue weighted by molar-refractivity contribution is 5.89. The number of carboxylic acid groups (broad SMARTS) is 1. The Balaban J connectivity index is 1.99. The molecule has 0 bridgehead atoms. The molecule has 0 aromatic heterocycles. The summed E-state index contributed by atoms with van der Waals surface area (Å²) in [6.45, 7) is 7.39. The van der Waals surface area contributed by atoms with Crippen LogP contribution in [0.15, 0.2) is 42.5 Å². The highest BCUT2D eigenvalue weighted by Crippen LogP contribution is 2.38. The lowest BCUT2D eigenvalue weighted by Gasteiger charge is -2.41. The summed E-state index contributed by atoms with van der Waals surface area (Å²) in [5.74, 6) is -0.0358. The minimum Gasteiger partial charge on any atom is -0.484 e. The molecule has 0 atom stereocenters. The Bertz CT molecular complexity index is 752. The molecule has 0 radical (unpaired) electrons. The van der Waals surface area contributed by atoms with E-state index in [1.165, 1.54) is 0 Å². The van der Waals surface area contributed by atoms with Crippen molar-refractivity contribution in [3.8, 4) is 5.75 Å². The summed E-state index contributed by atoms with van der Waals surface area (Å²) in [6, 6.07) is 13.3. The number of rotatable bonds is 3. The molecule has 0 saturated heterocycles. The molecule has 1 aliphatic rings. The van der Waals surface area contributed by atoms with E-state index in [4.69, 9.17) is 4.74 Å². The number of aromatic carboxylic acids is 1. The van der Waals surface area contributed by atoms with Gasteiger partial charge in [-0.05, 0) is 50.1 Å². The average molecular weight is 311 g/mol. The van der Waals surface area contributed by atoms with Gasteiger partial charge in [-0.2, -0.15) is 0 Å². The summed E-state index contributed by atoms with van der Waals surface area (Å²) in [6.07, 6.45) is 0. The van der Waals surface area contributed by atoms with Gasteiger partial charge in [0.1, 0.15) is 11.4 Å². The predicted molar refractivity (Wildman–Crippen MR) is 90.3 cm³/mol. The maximum atomic E-state index is 11.4. The Kier molecular flexibility index (Phi) is 3.76. The van der Waals surface area contributed by atoms with Crippen molar-refractivity contribution in [2.24, 2.45) is 0 Å². The van der Waals surface area contributed by atoms with Gasteiger partial charge >= 0.3 is 5.97 Å². The molecule has 4 heteroatoms. The zero-order valence-corrected chi connectivity index (χ0v) is 13.7. The smallest absolute Gasteiger partial charge is 0.336 e. The van der Waals surface area contributed by atoms with Crippen LogP contribution in [0, 0.1) is 6.92 Å². The van der Waals surface area contributed by atoms with Crippen molar-refractivity contribution in [1.29, 1.82) is 0 Å². The molecule has 0 saturated carbocycles. The van der Waals surface area contributed by atoms with Crippen LogP contribution in [0.1, 0.15) is 35.3 Å². The Labute approximate surface area is 136 Å². The van der Waals surface area contributed by atoms with Gasteiger partial charge in [0.2, 0.25) is 0 Å². The van der Waals surface area contributed by atoms with E-state index >= 15 is 0 Å². The third-order valence-electron chi connectivity index (χ3n) is 4.02. The summed E-state index contributed by atoms with van der Waals surface area (Å²) in [5.41, 5.74) is 3.00. The largest absolute Gasteiger partial charge is 0.484 e. The van der Waals surface area contributed by atoms with E-state index in [1.54, 1.807) is 12.1 Å². The molecule has 1 aliphatic heterocycles. The minimum absolute atomic E-state index is 0.320. The van der Waals surface area contributed by atoms with Gasteiger partial charge in [-0.3, -0.25) is 0 Å². The normalized spacial score (nSPS) is 15.7. The van der Waals surface area contributed by atoms with Crippen LogP contribution in [0.5, 0.6) is 5.75 Å². The van der Waals surface area contributed by atoms with Crippen LogP contribution in [0.4, 0.5) is 5.69 Å². The topological polar surface area (TPSA) is 49.8 Å². The van der Waals surface area contributed by atoms with Crippen molar-refractivity contribution >= 4 is 11.7 Å². The number of aryl methyl sites for hydroxylation is 1. The molecular weight excluding hydrogens is 290 g/mol. The SMILES string of the molecule is Cc1ccc2c(c1)OC(C)(C)CN2Cc1ccccc1C(=O)O. The van der Waals surface area contributed by atoms with Crippen molar-refractivity contribution < 1.29 is 14.6 Å². The van der Waals surface area contributed by atoms with Crippen LogP contribution in [0.3, 0.4) is 0 Å². The zero-order chi connectivity index (χ0) is 16.6. The van der Waals surface area contributed by atoms with E-state index in [9.17, 15) is 9.90 Å². The lowest BCUT2D eigenvalue weighted by atomic mass is 10.0. The van der Waals surface area contributed by atoms with Crippen LogP contribution < -0.4 is 9.64 Å². The van der Waals surface area contributed by atoms with Gasteiger partial charge in [0.05, 0.1) is 17.8 Å². The number of anilines is 1. The fourth-order valence-electron chi connectivity index (χ4n) is 3.05. The van der Waals surface area contributed by atoms with Gasteiger partial charge in [-0.15, -0.1) is 0 Å². The first-order chi connectivity index (χ1) is 10.9. The van der Waals surface area contributed by atoms with E-state index in [2.05, 4.69) is 11.0 Å². The molecule has 2 aromatic rings. The lowest BCUT2D eigenvalue weighted by Crippen LogP contribution is -2.46. The number of ether oxygens (including phenoxy) is 1. The van der Waals surface area contributed by atoms with Crippen LogP contribution in [0.25, 0.3) is 0 Å². The Morgan fingerprint density at radius 3 is 2.74 bits per heavy atom. The number of hydrogen-bond donors (Lipinski definition) is 1. The average Bonchev–Trinajstić information content (AvgIpc) is 2.45. The van der Waals surface area contributed by atoms with E-state index in [0.717, 1.165) is 22.6 Å². The number of nitrogens with zero attached hydrogens (tertiary/aromatic N) is 1. The molecule has 23 heavy (non-hydrogen) atoms. The quantitative estimate of drug-likeness (QED) is 0.935. The first kappa shape index (κ1) is 15.4. The molecule has 120 valence electrons. The molecule has 1 N–H and O–H groups in total. The molecule has 2 aromatic carbocycles. The Morgan fingerprint density at radius 2 is 2.00 bits per heavy atom. The fourth-order valence-corrected chi connectivity index (χ4v) is 3.05. The summed E-state index contributed by atoms with van der Waals surface area (Å²) in [5, 5.41) is 9.39. The van der Waals surface area contributed by atoms with Gasteiger partial charge in [-0.1, -0.05) is 24.3 Å². The van der Waals surface area contributed by atoms with Crippen LogP contribution in [-0.4, -0.2) is 23.2 Å². The first-order valence-electron chi connectivity index (χ1n) is 7.71. The van der Waals surface area contributed by atoms with Gasteiger partial charge in [0.25, 0.3) is 0 Å². The zero-order valence-electron chi connectivity index (χ0n) is 13.7. The van der Waals surface area contributed by atoms with Crippen molar-refractivity contribution in [1.82, 2.24) is 0 Å². The fraction of sp³-hybridized carbons (Fsp3) is 0.316. The molecule has 1 heterocycles. The van der Waals surface area contributed by atoms with Crippen molar-refractivity contribution in [3.63, 3.8) is 0 Å².